The molecule has 0 spiro atoms. The van der Waals surface area contributed by atoms with Gasteiger partial charge in [0.2, 0.25) is 0 Å². The van der Waals surface area contributed by atoms with Crippen molar-refractivity contribution in [2.24, 2.45) is 0 Å². The molecule has 6 aromatic rings. The molecule has 0 saturated carbocycles. The van der Waals surface area contributed by atoms with Crippen molar-refractivity contribution in [3.63, 3.8) is 0 Å². The first-order valence-corrected chi connectivity index (χ1v) is 23.6. The Morgan fingerprint density at radius 3 is 1.20 bits per heavy atom. The number of hydrogen-bond donors (Lipinski definition) is 0. The van der Waals surface area contributed by atoms with Crippen molar-refractivity contribution < 1.29 is 65.4 Å². The van der Waals surface area contributed by atoms with E-state index in [0.717, 1.165) is 18.2 Å². The van der Waals surface area contributed by atoms with Crippen LogP contribution in [0, 0.1) is 17.5 Å². The second-order valence-corrected chi connectivity index (χ2v) is 17.7. The second kappa shape index (κ2) is 27.8. The average Bonchev–Trinajstić information content (AvgIpc) is 3.32. The van der Waals surface area contributed by atoms with Crippen molar-refractivity contribution in [3.05, 3.63) is 159 Å². The van der Waals surface area contributed by atoms with Crippen LogP contribution in [0.15, 0.2) is 100.0 Å². The Hall–Kier alpha value is -4.94. The van der Waals surface area contributed by atoms with Gasteiger partial charge in [0.25, 0.3) is 5.78 Å². The van der Waals surface area contributed by atoms with Crippen LogP contribution in [0.2, 0.25) is 30.1 Å². The van der Waals surface area contributed by atoms with Crippen molar-refractivity contribution in [1.82, 2.24) is 0 Å². The van der Waals surface area contributed by atoms with Crippen LogP contribution in [0.25, 0.3) is 5.57 Å². The van der Waals surface area contributed by atoms with Crippen molar-refractivity contribution in [1.29, 1.82) is 0 Å². The van der Waals surface area contributed by atoms with Gasteiger partial charge in [-0.2, -0.15) is 0 Å². The third-order valence-electron chi connectivity index (χ3n) is 8.70. The predicted octanol–water partition coefficient (Wildman–Crippen LogP) is 17.0. The van der Waals surface area contributed by atoms with Crippen LogP contribution in [-0.2, 0) is 19.1 Å². The molecule has 0 amide bonds. The summed E-state index contributed by atoms with van der Waals surface area (Å²) < 4.78 is 83.4. The lowest BCUT2D eigenvalue weighted by molar-refractivity contribution is -0.137. The molecule has 6 aromatic carbocycles. The Balaban J connectivity index is 0.000000235. The molecule has 0 radical (unpaired) electrons. The summed E-state index contributed by atoms with van der Waals surface area (Å²) in [6, 6.07) is 20.9. The van der Waals surface area contributed by atoms with E-state index in [9.17, 15) is 27.6 Å². The van der Waals surface area contributed by atoms with Gasteiger partial charge in [0.15, 0.2) is 34.5 Å². The molecular weight excluding hydrogens is 1170 g/mol. The van der Waals surface area contributed by atoms with Gasteiger partial charge in [-0.15, -0.1) is 0 Å². The maximum Gasteiger partial charge on any atom is 0.379 e. The van der Waals surface area contributed by atoms with Crippen LogP contribution >= 0.6 is 109 Å². The number of methoxy groups -OCH3 is 3. The monoisotopic (exact) mass is 1200 g/mol. The van der Waals surface area contributed by atoms with Gasteiger partial charge in [0, 0.05) is 38.8 Å². The Labute approximate surface area is 453 Å². The van der Waals surface area contributed by atoms with E-state index in [0.29, 0.717) is 43.8 Å². The third kappa shape index (κ3) is 16.3. The average molecular weight is 1210 g/mol. The lowest BCUT2D eigenvalue weighted by Gasteiger charge is -2.14. The van der Waals surface area contributed by atoms with Gasteiger partial charge in [-0.05, 0) is 103 Å². The van der Waals surface area contributed by atoms with Gasteiger partial charge in [-0.25, -0.2) is 22.8 Å². The van der Waals surface area contributed by atoms with Crippen molar-refractivity contribution >= 4 is 132 Å². The van der Waals surface area contributed by atoms with Crippen LogP contribution in [-0.4, -0.2) is 52.3 Å². The van der Waals surface area contributed by atoms with E-state index in [1.165, 1.54) is 64.7 Å². The molecule has 23 heteroatoms. The van der Waals surface area contributed by atoms with E-state index in [2.05, 4.69) is 20.7 Å². The Kier molecular flexibility index (Phi) is 22.9. The predicted molar refractivity (Wildman–Crippen MR) is 272 cm³/mol. The van der Waals surface area contributed by atoms with Crippen LogP contribution in [0.4, 0.5) is 13.2 Å². The fourth-order valence-corrected chi connectivity index (χ4v) is 7.23. The van der Waals surface area contributed by atoms with Crippen LogP contribution in [0.5, 0.6) is 51.7 Å². The summed E-state index contributed by atoms with van der Waals surface area (Å²) in [6.07, 6.45) is 0. The summed E-state index contributed by atoms with van der Waals surface area (Å²) in [5.74, 6) is -3.03. The minimum Gasteiger partial charge on any atom is -0.493 e. The summed E-state index contributed by atoms with van der Waals surface area (Å²) in [7, 11) is 4.35. The number of halogens is 12. The molecule has 0 fully saturated rings. The Morgan fingerprint density at radius 2 is 0.817 bits per heavy atom. The van der Waals surface area contributed by atoms with Gasteiger partial charge in [0.1, 0.15) is 44.8 Å². The zero-order valence-corrected chi connectivity index (χ0v) is 44.7. The molecular formula is C48H34BrCl8F3O11. The topological polar surface area (TPSA) is 125 Å². The number of Topliss-reactive ketones (excluding diaryl/α,β-unsaturated/α-hetero) is 1. The first-order valence-electron chi connectivity index (χ1n) is 19.8. The maximum atomic E-state index is 14.4. The fraction of sp³-hybridized carbons (Fsp3) is 0.146. The number of rotatable bonds is 15. The van der Waals surface area contributed by atoms with Crippen molar-refractivity contribution in [2.75, 3.05) is 34.5 Å². The van der Waals surface area contributed by atoms with Gasteiger partial charge in [0.05, 0.1) is 59.6 Å². The molecule has 0 aliphatic rings. The van der Waals surface area contributed by atoms with E-state index < -0.39 is 45.2 Å². The number of hydrogen-bond acceptors (Lipinski definition) is 11. The number of ketones is 1. The highest BCUT2D eigenvalue weighted by Crippen LogP contribution is 2.42. The zero-order valence-electron chi connectivity index (χ0n) is 37.1. The van der Waals surface area contributed by atoms with Crippen LogP contribution < -0.4 is 28.4 Å². The van der Waals surface area contributed by atoms with E-state index >= 15 is 0 Å². The van der Waals surface area contributed by atoms with Crippen LogP contribution in [0.1, 0.15) is 29.8 Å². The lowest BCUT2D eigenvalue weighted by Crippen LogP contribution is -2.18. The van der Waals surface area contributed by atoms with Gasteiger partial charge < -0.3 is 37.9 Å². The second-order valence-electron chi connectivity index (χ2n) is 13.3. The molecule has 0 N–H and O–H groups in total. The largest absolute Gasteiger partial charge is 0.493 e. The van der Waals surface area contributed by atoms with Gasteiger partial charge in [-0.3, -0.25) is 4.79 Å². The van der Waals surface area contributed by atoms with Crippen molar-refractivity contribution in [2.45, 2.75) is 13.8 Å². The highest BCUT2D eigenvalue weighted by atomic mass is 79.9. The third-order valence-corrected chi connectivity index (χ3v) is 11.3. The molecule has 0 saturated heterocycles. The Morgan fingerprint density at radius 1 is 0.465 bits per heavy atom. The normalized spacial score (nSPS) is 10.3. The van der Waals surface area contributed by atoms with Crippen molar-refractivity contribution in [3.8, 4) is 51.7 Å². The molecule has 0 atom stereocenters. The SMILES string of the molecule is CCOC(=O)C(=C(Cl)Cl)c1cc(Oc2ccc(Cl)cc2OC)c(Cl)cc1F.CCOC(=O)C(=O)c1cc(Oc2ccc(Cl)cc2OC)c(Cl)cc1F.COc1cc(Cl)ccc1Oc1cc(Br)c(F)cc1Cl. The summed E-state index contributed by atoms with van der Waals surface area (Å²) >= 11 is 50.2. The minimum atomic E-state index is -1.17. The molecule has 6 rings (SSSR count). The molecule has 0 aromatic heterocycles. The molecule has 71 heavy (non-hydrogen) atoms. The summed E-state index contributed by atoms with van der Waals surface area (Å²) in [4.78, 5) is 35.6. The number of carbonyl (C=O) groups excluding carboxylic acids is 3. The first-order chi connectivity index (χ1) is 33.7. The number of ether oxygens (including phenoxy) is 8. The standard InChI is InChI=1S/C18H13Cl4FO4.C17H13Cl2FO5.C13H8BrCl2FO2/c1-3-26-18(24)16(17(21)22)10-7-14(11(20)8-12(10)23)27-13-5-4-9(19)6-15(13)25-2;1-3-24-17(22)16(21)10-7-14(11(19)8-12(10)20)25-13-5-4-9(18)6-15(13)23-2;1-18-13-4-7(15)2-3-11(13)19-12-5-8(14)10(17)6-9(12)16/h4-8H,3H2,1-2H3;4-8H,3H2,1-2H3;2-6H,1H3. The van der Waals surface area contributed by atoms with Crippen LogP contribution in [0.3, 0.4) is 0 Å². The van der Waals surface area contributed by atoms with Gasteiger partial charge >= 0.3 is 11.9 Å². The smallest absolute Gasteiger partial charge is 0.379 e. The molecule has 11 nitrogen and oxygen atoms in total. The van der Waals surface area contributed by atoms with Gasteiger partial charge in [-0.1, -0.05) is 92.8 Å². The highest BCUT2D eigenvalue weighted by molar-refractivity contribution is 9.10. The molecule has 376 valence electrons. The Bertz CT molecular complexity index is 2960. The van der Waals surface area contributed by atoms with E-state index in [1.807, 2.05) is 0 Å². The first kappa shape index (κ1) is 58.6. The van der Waals surface area contributed by atoms with E-state index in [1.54, 1.807) is 43.3 Å². The molecule has 0 aliphatic carbocycles. The molecule has 0 bridgehead atoms. The zero-order chi connectivity index (χ0) is 52.7. The summed E-state index contributed by atoms with van der Waals surface area (Å²) in [6.45, 7) is 3.18. The quantitative estimate of drug-likeness (QED) is 0.0321. The fourth-order valence-electron chi connectivity index (χ4n) is 5.49. The molecule has 0 aliphatic heterocycles. The minimum absolute atomic E-state index is 0.00882. The maximum absolute atomic E-state index is 14.4. The number of benzene rings is 6. The summed E-state index contributed by atoms with van der Waals surface area (Å²) in [5, 5.41) is 1.42. The lowest BCUT2D eigenvalue weighted by atomic mass is 10.1. The highest BCUT2D eigenvalue weighted by Gasteiger charge is 2.26. The number of carbonyl (C=O) groups is 3. The summed E-state index contributed by atoms with van der Waals surface area (Å²) in [5.41, 5.74) is -1.08. The van der Waals surface area contributed by atoms with E-state index in [4.69, 9.17) is 126 Å². The number of esters is 2. The van der Waals surface area contributed by atoms with E-state index in [-0.39, 0.29) is 66.9 Å². The molecule has 0 unspecified atom stereocenters. The molecule has 0 heterocycles.